The summed E-state index contributed by atoms with van der Waals surface area (Å²) in [6.07, 6.45) is 4.74. The van der Waals surface area contributed by atoms with Gasteiger partial charge >= 0.3 is 6.09 Å². The van der Waals surface area contributed by atoms with Crippen LogP contribution in [0, 0.1) is 0 Å². The quantitative estimate of drug-likeness (QED) is 0.762. The first kappa shape index (κ1) is 20.8. The SMILES string of the molecule is CO[C@@H]1CCC(NCc2cnn3c(N(C)C(=O)OC(C)(C)C)cc(Cl)nc23)C1. The highest BCUT2D eigenvalue weighted by Gasteiger charge is 2.26. The molecule has 8 nitrogen and oxygen atoms in total. The first-order chi connectivity index (χ1) is 13.2. The van der Waals surface area contributed by atoms with E-state index in [1.54, 1.807) is 30.9 Å². The second-order valence-corrected chi connectivity index (χ2v) is 8.52. The Balaban J connectivity index is 1.79. The van der Waals surface area contributed by atoms with Crippen molar-refractivity contribution in [1.29, 1.82) is 0 Å². The topological polar surface area (TPSA) is 81.0 Å². The number of fused-ring (bicyclic) bond motifs is 1. The van der Waals surface area contributed by atoms with Gasteiger partial charge < -0.3 is 14.8 Å². The maximum atomic E-state index is 12.5. The number of amides is 1. The van der Waals surface area contributed by atoms with Crippen molar-refractivity contribution in [1.82, 2.24) is 19.9 Å². The molecule has 0 bridgehead atoms. The van der Waals surface area contributed by atoms with Gasteiger partial charge in [0.2, 0.25) is 0 Å². The highest BCUT2D eigenvalue weighted by atomic mass is 35.5. The third-order valence-electron chi connectivity index (χ3n) is 4.80. The molecule has 1 amide bonds. The summed E-state index contributed by atoms with van der Waals surface area (Å²) in [6.45, 7) is 6.08. The molecule has 1 unspecified atom stereocenters. The number of hydrogen-bond donors (Lipinski definition) is 1. The second-order valence-electron chi connectivity index (χ2n) is 8.13. The van der Waals surface area contributed by atoms with Crippen LogP contribution in [0.4, 0.5) is 10.6 Å². The average molecular weight is 410 g/mol. The lowest BCUT2D eigenvalue weighted by Gasteiger charge is -2.24. The van der Waals surface area contributed by atoms with Gasteiger partial charge in [0.1, 0.15) is 16.6 Å². The summed E-state index contributed by atoms with van der Waals surface area (Å²) in [5, 5.41) is 8.25. The van der Waals surface area contributed by atoms with Crippen molar-refractivity contribution in [2.75, 3.05) is 19.1 Å². The van der Waals surface area contributed by atoms with Crippen LogP contribution >= 0.6 is 11.6 Å². The molecule has 0 saturated heterocycles. The van der Waals surface area contributed by atoms with Crippen molar-refractivity contribution < 1.29 is 14.3 Å². The molecule has 2 aromatic rings. The molecule has 2 atom stereocenters. The van der Waals surface area contributed by atoms with Crippen LogP contribution in [0.1, 0.15) is 45.6 Å². The molecule has 0 spiro atoms. The lowest BCUT2D eigenvalue weighted by atomic mass is 10.2. The fraction of sp³-hybridized carbons (Fsp3) is 0.632. The summed E-state index contributed by atoms with van der Waals surface area (Å²) in [6, 6.07) is 2.01. The lowest BCUT2D eigenvalue weighted by molar-refractivity contribution is 0.0587. The van der Waals surface area contributed by atoms with Gasteiger partial charge in [0.25, 0.3) is 0 Å². The number of carbonyl (C=O) groups excluding carboxylic acids is 1. The number of methoxy groups -OCH3 is 1. The number of hydrogen-bond acceptors (Lipinski definition) is 6. The maximum Gasteiger partial charge on any atom is 0.415 e. The van der Waals surface area contributed by atoms with Crippen LogP contribution in [-0.2, 0) is 16.0 Å². The monoisotopic (exact) mass is 409 g/mol. The van der Waals surface area contributed by atoms with Gasteiger partial charge in [-0.2, -0.15) is 9.61 Å². The van der Waals surface area contributed by atoms with E-state index in [9.17, 15) is 4.79 Å². The first-order valence-corrected chi connectivity index (χ1v) is 9.82. The minimum absolute atomic E-state index is 0.292. The van der Waals surface area contributed by atoms with Gasteiger partial charge in [-0.25, -0.2) is 9.78 Å². The molecular weight excluding hydrogens is 382 g/mol. The minimum atomic E-state index is -0.595. The van der Waals surface area contributed by atoms with Crippen molar-refractivity contribution in [3.05, 3.63) is 23.0 Å². The Bertz CT molecular complexity index is 848. The third kappa shape index (κ3) is 4.74. The van der Waals surface area contributed by atoms with Gasteiger partial charge in [-0.15, -0.1) is 0 Å². The largest absolute Gasteiger partial charge is 0.443 e. The molecule has 154 valence electrons. The van der Waals surface area contributed by atoms with E-state index in [0.717, 1.165) is 24.8 Å². The molecule has 28 heavy (non-hydrogen) atoms. The molecule has 2 heterocycles. The van der Waals surface area contributed by atoms with Crippen LogP contribution < -0.4 is 10.2 Å². The zero-order chi connectivity index (χ0) is 20.5. The van der Waals surface area contributed by atoms with Crippen LogP contribution in [-0.4, -0.2) is 52.6 Å². The molecule has 0 radical (unpaired) electrons. The summed E-state index contributed by atoms with van der Waals surface area (Å²) >= 11 is 6.23. The Hall–Kier alpha value is -1.90. The van der Waals surface area contributed by atoms with Gasteiger partial charge in [-0.3, -0.25) is 4.90 Å². The number of rotatable bonds is 5. The molecular formula is C19H28ClN5O3. The summed E-state index contributed by atoms with van der Waals surface area (Å²) in [5.41, 5.74) is 0.941. The van der Waals surface area contributed by atoms with Crippen LogP contribution in [0.5, 0.6) is 0 Å². The molecule has 1 aliphatic rings. The summed E-state index contributed by atoms with van der Waals surface area (Å²) in [5.74, 6) is 0.496. The molecule has 3 rings (SSSR count). The maximum absolute atomic E-state index is 12.5. The molecule has 0 aromatic carbocycles. The Morgan fingerprint density at radius 1 is 1.43 bits per heavy atom. The molecule has 1 N–H and O–H groups in total. The van der Waals surface area contributed by atoms with Crippen molar-refractivity contribution >= 4 is 29.2 Å². The number of ether oxygens (including phenoxy) is 2. The Kier molecular flexibility index (Phi) is 6.12. The average Bonchev–Trinajstić information content (AvgIpc) is 3.23. The Morgan fingerprint density at radius 2 is 2.18 bits per heavy atom. The number of nitrogens with zero attached hydrogens (tertiary/aromatic N) is 4. The van der Waals surface area contributed by atoms with E-state index in [0.29, 0.717) is 35.3 Å². The molecule has 1 fully saturated rings. The zero-order valence-electron chi connectivity index (χ0n) is 17.0. The number of nitrogens with one attached hydrogen (secondary N) is 1. The molecule has 1 aliphatic carbocycles. The van der Waals surface area contributed by atoms with Gasteiger partial charge in [-0.05, 0) is 40.0 Å². The standard InChI is InChI=1S/C19H28ClN5O3/c1-19(2,3)28-18(26)24(4)16-9-15(20)23-17-12(11-22-25(16)17)10-21-13-6-7-14(8-13)27-5/h9,11,13-14,21H,6-8,10H2,1-5H3/t13?,14-/m1/s1. The summed E-state index contributed by atoms with van der Waals surface area (Å²) < 4.78 is 12.5. The number of halogens is 1. The van der Waals surface area contributed by atoms with Gasteiger partial charge in [0.15, 0.2) is 5.65 Å². The Labute approximate surface area is 170 Å². The highest BCUT2D eigenvalue weighted by Crippen LogP contribution is 2.25. The smallest absolute Gasteiger partial charge is 0.415 e. The van der Waals surface area contributed by atoms with Crippen LogP contribution in [0.25, 0.3) is 5.65 Å². The van der Waals surface area contributed by atoms with Crippen molar-refractivity contribution in [3.8, 4) is 0 Å². The van der Waals surface area contributed by atoms with Crippen LogP contribution in [0.3, 0.4) is 0 Å². The van der Waals surface area contributed by atoms with Gasteiger partial charge in [0, 0.05) is 38.4 Å². The summed E-state index contributed by atoms with van der Waals surface area (Å²) in [4.78, 5) is 18.3. The fourth-order valence-corrected chi connectivity index (χ4v) is 3.52. The molecule has 9 heteroatoms. The molecule has 0 aliphatic heterocycles. The fourth-order valence-electron chi connectivity index (χ4n) is 3.35. The molecule has 1 saturated carbocycles. The van der Waals surface area contributed by atoms with E-state index in [2.05, 4.69) is 15.4 Å². The predicted octanol–water partition coefficient (Wildman–Crippen LogP) is 3.41. The van der Waals surface area contributed by atoms with Crippen LogP contribution in [0.2, 0.25) is 5.15 Å². The lowest BCUT2D eigenvalue weighted by Crippen LogP contribution is -2.35. The molecule has 2 aromatic heterocycles. The minimum Gasteiger partial charge on any atom is -0.443 e. The first-order valence-electron chi connectivity index (χ1n) is 9.44. The third-order valence-corrected chi connectivity index (χ3v) is 5.00. The van der Waals surface area contributed by atoms with E-state index < -0.39 is 11.7 Å². The van der Waals surface area contributed by atoms with E-state index >= 15 is 0 Å². The van der Waals surface area contributed by atoms with E-state index in [1.165, 1.54) is 4.90 Å². The number of aromatic nitrogens is 3. The Morgan fingerprint density at radius 3 is 2.82 bits per heavy atom. The predicted molar refractivity (Wildman–Crippen MR) is 108 cm³/mol. The number of carbonyl (C=O) groups is 1. The van der Waals surface area contributed by atoms with Crippen molar-refractivity contribution in [3.63, 3.8) is 0 Å². The van der Waals surface area contributed by atoms with E-state index in [4.69, 9.17) is 21.1 Å². The van der Waals surface area contributed by atoms with E-state index in [-0.39, 0.29) is 0 Å². The van der Waals surface area contributed by atoms with Crippen molar-refractivity contribution in [2.24, 2.45) is 0 Å². The second kappa shape index (κ2) is 8.23. The van der Waals surface area contributed by atoms with Gasteiger partial charge in [-0.1, -0.05) is 11.6 Å². The normalized spacial score (nSPS) is 19.9. The van der Waals surface area contributed by atoms with E-state index in [1.807, 2.05) is 20.8 Å². The zero-order valence-corrected chi connectivity index (χ0v) is 17.8. The van der Waals surface area contributed by atoms with Crippen molar-refractivity contribution in [2.45, 2.75) is 64.3 Å². The van der Waals surface area contributed by atoms with Crippen LogP contribution in [0.15, 0.2) is 12.3 Å². The number of anilines is 1. The van der Waals surface area contributed by atoms with Gasteiger partial charge in [0.05, 0.1) is 12.3 Å². The highest BCUT2D eigenvalue weighted by molar-refractivity contribution is 6.29. The summed E-state index contributed by atoms with van der Waals surface area (Å²) in [7, 11) is 3.38.